The topological polar surface area (TPSA) is 84.8 Å². The molecule has 3 aliphatic heterocycles. The molecule has 0 unspecified atom stereocenters. The third-order valence-electron chi connectivity index (χ3n) is 7.43. The van der Waals surface area contributed by atoms with Crippen molar-refractivity contribution in [3.63, 3.8) is 0 Å². The van der Waals surface area contributed by atoms with Gasteiger partial charge < -0.3 is 38.3 Å². The fourth-order valence-electron chi connectivity index (χ4n) is 5.72. The first-order valence-corrected chi connectivity index (χ1v) is 11.3. The van der Waals surface area contributed by atoms with Crippen molar-refractivity contribution in [2.45, 2.75) is 62.6 Å². The van der Waals surface area contributed by atoms with Crippen molar-refractivity contribution in [2.24, 2.45) is 0 Å². The van der Waals surface area contributed by atoms with Crippen molar-refractivity contribution in [2.75, 3.05) is 28.4 Å². The average molecular weight is 473 g/mol. The van der Waals surface area contributed by atoms with Crippen molar-refractivity contribution in [3.05, 3.63) is 35.4 Å². The summed E-state index contributed by atoms with van der Waals surface area (Å²) in [7, 11) is 6.36. The van der Waals surface area contributed by atoms with E-state index in [0.717, 1.165) is 11.1 Å². The number of hydrogen-bond donors (Lipinski definition) is 1. The molecule has 0 aliphatic carbocycles. The first kappa shape index (κ1) is 22.9. The van der Waals surface area contributed by atoms with Crippen LogP contribution >= 0.6 is 0 Å². The Labute approximate surface area is 199 Å². The highest BCUT2D eigenvalue weighted by atomic mass is 16.7. The van der Waals surface area contributed by atoms with Gasteiger partial charge >= 0.3 is 0 Å². The second-order valence-electron chi connectivity index (χ2n) is 10.0. The van der Waals surface area contributed by atoms with Crippen molar-refractivity contribution >= 4 is 0 Å². The van der Waals surface area contributed by atoms with Gasteiger partial charge in [-0.2, -0.15) is 0 Å². The molecule has 0 bridgehead atoms. The van der Waals surface area contributed by atoms with Gasteiger partial charge in [0.25, 0.3) is 0 Å². The molecular weight excluding hydrogens is 440 g/mol. The van der Waals surface area contributed by atoms with Gasteiger partial charge in [-0.15, -0.1) is 0 Å². The molecule has 3 aliphatic rings. The first-order chi connectivity index (χ1) is 16.0. The van der Waals surface area contributed by atoms with Crippen LogP contribution in [0.15, 0.2) is 24.3 Å². The minimum absolute atomic E-state index is 0.261. The molecule has 5 rings (SSSR count). The molecular formula is C26H32O8. The lowest BCUT2D eigenvalue weighted by molar-refractivity contribution is -0.295. The highest BCUT2D eigenvalue weighted by molar-refractivity contribution is 5.59. The van der Waals surface area contributed by atoms with E-state index in [9.17, 15) is 5.11 Å². The van der Waals surface area contributed by atoms with Crippen LogP contribution in [0.25, 0.3) is 0 Å². The predicted octanol–water partition coefficient (Wildman–Crippen LogP) is 4.02. The molecule has 0 amide bonds. The molecule has 0 spiro atoms. The van der Waals surface area contributed by atoms with Gasteiger partial charge in [0.15, 0.2) is 28.6 Å². The van der Waals surface area contributed by atoms with Crippen molar-refractivity contribution in [3.8, 4) is 34.5 Å². The summed E-state index contributed by atoms with van der Waals surface area (Å²) in [6.45, 7) is 7.60. The number of hydrogen-bond acceptors (Lipinski definition) is 8. The smallest absolute Gasteiger partial charge is 0.214 e. The van der Waals surface area contributed by atoms with E-state index in [0.29, 0.717) is 34.5 Å². The van der Waals surface area contributed by atoms with Crippen LogP contribution in [0, 0.1) is 0 Å². The summed E-state index contributed by atoms with van der Waals surface area (Å²) in [6.07, 6.45) is -0.463. The van der Waals surface area contributed by atoms with Gasteiger partial charge in [-0.25, -0.2) is 0 Å². The van der Waals surface area contributed by atoms with Crippen molar-refractivity contribution < 1.29 is 38.3 Å². The van der Waals surface area contributed by atoms with E-state index in [-0.39, 0.29) is 5.92 Å². The SMILES string of the molecule is COc1cc2c(cc1OC)[C@@H]1[C@@H](O[C@]3(O)[C@H]1c1cc(OC)c(OC)cc1OC3(C)C)C(C)(C)O2. The number of methoxy groups -OCH3 is 4. The quantitative estimate of drug-likeness (QED) is 0.714. The summed E-state index contributed by atoms with van der Waals surface area (Å²) in [6, 6.07) is 7.43. The summed E-state index contributed by atoms with van der Waals surface area (Å²) in [5, 5.41) is 12.2. The van der Waals surface area contributed by atoms with Gasteiger partial charge in [0.2, 0.25) is 5.79 Å². The molecule has 34 heavy (non-hydrogen) atoms. The largest absolute Gasteiger partial charge is 0.493 e. The van der Waals surface area contributed by atoms with Crippen molar-refractivity contribution in [1.82, 2.24) is 0 Å². The lowest BCUT2D eigenvalue weighted by Crippen LogP contribution is -2.60. The Morgan fingerprint density at radius 2 is 1.18 bits per heavy atom. The monoisotopic (exact) mass is 472 g/mol. The summed E-state index contributed by atoms with van der Waals surface area (Å²) in [5.41, 5.74) is -0.141. The van der Waals surface area contributed by atoms with Gasteiger partial charge in [0, 0.05) is 29.2 Å². The van der Waals surface area contributed by atoms with E-state index in [1.165, 1.54) is 0 Å². The molecule has 1 N–H and O–H groups in total. The number of benzene rings is 2. The van der Waals surface area contributed by atoms with Gasteiger partial charge in [0.05, 0.1) is 34.4 Å². The number of aliphatic hydroxyl groups is 1. The van der Waals surface area contributed by atoms with Crippen LogP contribution in [0.3, 0.4) is 0 Å². The highest BCUT2D eigenvalue weighted by Crippen LogP contribution is 2.65. The maximum Gasteiger partial charge on any atom is 0.214 e. The second-order valence-corrected chi connectivity index (χ2v) is 10.0. The lowest BCUT2D eigenvalue weighted by atomic mass is 9.67. The number of rotatable bonds is 4. The van der Waals surface area contributed by atoms with Crippen LogP contribution in [0.5, 0.6) is 34.5 Å². The standard InChI is InChI=1S/C26H32O8/c1-24(2)23-21(13-9-17(28-5)19(30-7)11-15(13)32-24)22-14-10-18(29-6)20(31-8)12-16(14)33-25(3,4)26(22,27)34-23/h9-12,21-23,27H,1-8H3/t21-,22-,23+,26+/m0/s1. The van der Waals surface area contributed by atoms with Crippen LogP contribution in [-0.2, 0) is 4.74 Å². The predicted molar refractivity (Wildman–Crippen MR) is 124 cm³/mol. The van der Waals surface area contributed by atoms with Crippen LogP contribution in [0.1, 0.15) is 50.7 Å². The Morgan fingerprint density at radius 1 is 0.706 bits per heavy atom. The summed E-state index contributed by atoms with van der Waals surface area (Å²) >= 11 is 0. The average Bonchev–Trinajstić information content (AvgIpc) is 3.13. The minimum atomic E-state index is -1.63. The normalized spacial score (nSPS) is 29.4. The van der Waals surface area contributed by atoms with E-state index in [1.54, 1.807) is 28.4 Å². The first-order valence-electron chi connectivity index (χ1n) is 11.3. The molecule has 0 radical (unpaired) electrons. The van der Waals surface area contributed by atoms with E-state index in [2.05, 4.69) is 0 Å². The third kappa shape index (κ3) is 2.91. The maximum atomic E-state index is 12.2. The Bertz CT molecular complexity index is 1140. The molecule has 0 aromatic heterocycles. The molecule has 0 saturated carbocycles. The minimum Gasteiger partial charge on any atom is -0.493 e. The zero-order valence-electron chi connectivity index (χ0n) is 20.8. The second kappa shape index (κ2) is 7.33. The van der Waals surface area contributed by atoms with Gasteiger partial charge in [-0.05, 0) is 39.8 Å². The van der Waals surface area contributed by atoms with E-state index >= 15 is 0 Å². The van der Waals surface area contributed by atoms with E-state index in [1.807, 2.05) is 52.0 Å². The Hall–Kier alpha value is -2.84. The Kier molecular flexibility index (Phi) is 4.94. The molecule has 1 fully saturated rings. The molecule has 8 heteroatoms. The van der Waals surface area contributed by atoms with Crippen LogP contribution in [0.4, 0.5) is 0 Å². The third-order valence-corrected chi connectivity index (χ3v) is 7.43. The molecule has 8 nitrogen and oxygen atoms in total. The van der Waals surface area contributed by atoms with Gasteiger partial charge in [0.1, 0.15) is 23.2 Å². The van der Waals surface area contributed by atoms with E-state index in [4.69, 9.17) is 33.2 Å². The van der Waals surface area contributed by atoms with E-state index < -0.39 is 29.0 Å². The molecule has 2 aromatic carbocycles. The summed E-state index contributed by atoms with van der Waals surface area (Å²) in [5.74, 6) is 1.17. The molecule has 2 aromatic rings. The van der Waals surface area contributed by atoms with Gasteiger partial charge in [-0.1, -0.05) is 0 Å². The Morgan fingerprint density at radius 3 is 1.71 bits per heavy atom. The zero-order valence-corrected chi connectivity index (χ0v) is 20.8. The van der Waals surface area contributed by atoms with Crippen molar-refractivity contribution in [1.29, 1.82) is 0 Å². The van der Waals surface area contributed by atoms with Gasteiger partial charge in [-0.3, -0.25) is 0 Å². The fraction of sp³-hybridized carbons (Fsp3) is 0.538. The molecule has 4 atom stereocenters. The highest BCUT2D eigenvalue weighted by Gasteiger charge is 2.70. The van der Waals surface area contributed by atoms with Crippen LogP contribution in [-0.4, -0.2) is 56.6 Å². The lowest BCUT2D eigenvalue weighted by Gasteiger charge is -2.47. The van der Waals surface area contributed by atoms with Crippen LogP contribution in [0.2, 0.25) is 0 Å². The molecule has 184 valence electrons. The van der Waals surface area contributed by atoms with Crippen LogP contribution < -0.4 is 28.4 Å². The maximum absolute atomic E-state index is 12.2. The molecule has 3 heterocycles. The fourth-order valence-corrected chi connectivity index (χ4v) is 5.72. The number of fused-ring (bicyclic) bond motifs is 7. The zero-order chi connectivity index (χ0) is 24.6. The Balaban J connectivity index is 1.79. The number of ether oxygens (including phenoxy) is 7. The molecule has 1 saturated heterocycles. The summed E-state index contributed by atoms with van der Waals surface area (Å²) < 4.78 is 41.5. The summed E-state index contributed by atoms with van der Waals surface area (Å²) in [4.78, 5) is 0.